The Morgan fingerprint density at radius 2 is 1.17 bits per heavy atom. The minimum atomic E-state index is 0.124. The third-order valence-corrected chi connectivity index (χ3v) is 4.15. The number of rotatable bonds is 3. The van der Waals surface area contributed by atoms with Gasteiger partial charge in [0, 0.05) is 5.69 Å². The maximum Gasteiger partial charge on any atom is 0.124 e. The quantitative estimate of drug-likeness (QED) is 0.783. The molecule has 1 aliphatic heterocycles. The Labute approximate surface area is 136 Å². The van der Waals surface area contributed by atoms with Crippen LogP contribution >= 0.6 is 0 Å². The first-order chi connectivity index (χ1) is 11.4. The maximum atomic E-state index is 3.63. The van der Waals surface area contributed by atoms with Gasteiger partial charge < -0.3 is 4.90 Å². The molecule has 4 rings (SSSR count). The highest BCUT2D eigenvalue weighted by Crippen LogP contribution is 2.31. The summed E-state index contributed by atoms with van der Waals surface area (Å²) in [7, 11) is 0. The molecule has 0 radical (unpaired) electrons. The van der Waals surface area contributed by atoms with Gasteiger partial charge in [-0.15, -0.1) is 0 Å². The van der Waals surface area contributed by atoms with Crippen LogP contribution < -0.4 is 15.3 Å². The molecule has 114 valence electrons. The van der Waals surface area contributed by atoms with Crippen molar-refractivity contribution in [3.8, 4) is 0 Å². The van der Waals surface area contributed by atoms with Crippen molar-refractivity contribution in [3.63, 3.8) is 0 Å². The molecular formula is C20H19N3. The third-order valence-electron chi connectivity index (χ3n) is 4.15. The largest absolute Gasteiger partial charge is 0.331 e. The van der Waals surface area contributed by atoms with Gasteiger partial charge in [0.15, 0.2) is 0 Å². The van der Waals surface area contributed by atoms with Crippen LogP contribution in [0.5, 0.6) is 0 Å². The van der Waals surface area contributed by atoms with Crippen molar-refractivity contribution in [1.82, 2.24) is 5.43 Å². The van der Waals surface area contributed by atoms with Crippen molar-refractivity contribution in [2.24, 2.45) is 0 Å². The van der Waals surface area contributed by atoms with Crippen LogP contribution in [-0.4, -0.2) is 6.67 Å². The van der Waals surface area contributed by atoms with Crippen LogP contribution in [0.2, 0.25) is 0 Å². The maximum absolute atomic E-state index is 3.63. The van der Waals surface area contributed by atoms with Crippen molar-refractivity contribution in [3.05, 3.63) is 96.6 Å². The summed E-state index contributed by atoms with van der Waals surface area (Å²) in [4.78, 5) is 2.38. The standard InChI is InChI=1S/C20H19N3/c1-4-10-17(11-5-1)20-21-23(19-14-8-3-9-15-19)16-22(20)18-12-6-2-7-13-18/h1-15,20-21H,16H2. The molecule has 3 nitrogen and oxygen atoms in total. The number of nitrogens with one attached hydrogen (secondary N) is 1. The molecule has 1 atom stereocenters. The zero-order valence-corrected chi connectivity index (χ0v) is 12.8. The molecule has 1 unspecified atom stereocenters. The van der Waals surface area contributed by atoms with E-state index in [4.69, 9.17) is 0 Å². The Hall–Kier alpha value is -2.78. The Bertz CT molecular complexity index is 696. The van der Waals surface area contributed by atoms with Crippen molar-refractivity contribution in [2.45, 2.75) is 6.17 Å². The highest BCUT2D eigenvalue weighted by molar-refractivity contribution is 5.55. The monoisotopic (exact) mass is 301 g/mol. The van der Waals surface area contributed by atoms with E-state index < -0.39 is 0 Å². The number of hydrogen-bond donors (Lipinski definition) is 1. The molecule has 0 spiro atoms. The summed E-state index contributed by atoms with van der Waals surface area (Å²) < 4.78 is 0. The molecule has 0 saturated carbocycles. The summed E-state index contributed by atoms with van der Waals surface area (Å²) in [6.07, 6.45) is 0.124. The van der Waals surface area contributed by atoms with Gasteiger partial charge in [-0.3, -0.25) is 5.01 Å². The van der Waals surface area contributed by atoms with Gasteiger partial charge in [0.05, 0.1) is 5.69 Å². The topological polar surface area (TPSA) is 18.5 Å². The summed E-state index contributed by atoms with van der Waals surface area (Å²) in [6, 6.07) is 31.6. The van der Waals surface area contributed by atoms with Crippen molar-refractivity contribution in [1.29, 1.82) is 0 Å². The van der Waals surface area contributed by atoms with Gasteiger partial charge in [0.2, 0.25) is 0 Å². The van der Waals surface area contributed by atoms with E-state index in [1.165, 1.54) is 16.9 Å². The molecule has 3 aromatic carbocycles. The van der Waals surface area contributed by atoms with Crippen LogP contribution in [-0.2, 0) is 0 Å². The van der Waals surface area contributed by atoms with Gasteiger partial charge in [-0.1, -0.05) is 66.7 Å². The van der Waals surface area contributed by atoms with Crippen LogP contribution in [0.1, 0.15) is 11.7 Å². The average molecular weight is 301 g/mol. The molecule has 0 aliphatic carbocycles. The van der Waals surface area contributed by atoms with E-state index in [1.807, 2.05) is 6.07 Å². The second kappa shape index (κ2) is 6.15. The first kappa shape index (κ1) is 13.9. The molecule has 1 saturated heterocycles. The molecular weight excluding hydrogens is 282 g/mol. The zero-order valence-electron chi connectivity index (χ0n) is 12.8. The molecule has 1 aliphatic rings. The van der Waals surface area contributed by atoms with Crippen molar-refractivity contribution >= 4 is 11.4 Å². The SMILES string of the molecule is c1ccc(C2NN(c3ccccc3)CN2c2ccccc2)cc1. The fourth-order valence-electron chi connectivity index (χ4n) is 3.00. The Kier molecular flexibility index (Phi) is 3.70. The molecule has 1 heterocycles. The van der Waals surface area contributed by atoms with Crippen molar-refractivity contribution in [2.75, 3.05) is 16.6 Å². The molecule has 1 N–H and O–H groups in total. The molecule has 0 bridgehead atoms. The molecule has 23 heavy (non-hydrogen) atoms. The van der Waals surface area contributed by atoms with E-state index in [0.717, 1.165) is 6.67 Å². The predicted octanol–water partition coefficient (Wildman–Crippen LogP) is 4.17. The van der Waals surface area contributed by atoms with Crippen molar-refractivity contribution < 1.29 is 0 Å². The third kappa shape index (κ3) is 2.79. The van der Waals surface area contributed by atoms with Gasteiger partial charge in [0.25, 0.3) is 0 Å². The molecule has 1 fully saturated rings. The van der Waals surface area contributed by atoms with Crippen LogP contribution in [0, 0.1) is 0 Å². The molecule has 3 heteroatoms. The Balaban J connectivity index is 1.70. The first-order valence-electron chi connectivity index (χ1n) is 7.87. The van der Waals surface area contributed by atoms with Crippen LogP contribution in [0.25, 0.3) is 0 Å². The second-order valence-electron chi connectivity index (χ2n) is 5.65. The van der Waals surface area contributed by atoms with Crippen LogP contribution in [0.4, 0.5) is 11.4 Å². The van der Waals surface area contributed by atoms with E-state index >= 15 is 0 Å². The Morgan fingerprint density at radius 3 is 1.78 bits per heavy atom. The fourth-order valence-corrected chi connectivity index (χ4v) is 3.00. The minimum Gasteiger partial charge on any atom is -0.331 e. The van der Waals surface area contributed by atoms with E-state index in [9.17, 15) is 0 Å². The van der Waals surface area contributed by atoms with E-state index in [0.29, 0.717) is 0 Å². The predicted molar refractivity (Wildman–Crippen MR) is 95.0 cm³/mol. The van der Waals surface area contributed by atoms with Gasteiger partial charge in [-0.2, -0.15) is 0 Å². The molecule has 3 aromatic rings. The average Bonchev–Trinajstić information content (AvgIpc) is 3.09. The normalized spacial score (nSPS) is 17.5. The molecule has 0 amide bonds. The van der Waals surface area contributed by atoms with Crippen LogP contribution in [0.15, 0.2) is 91.0 Å². The van der Waals surface area contributed by atoms with Gasteiger partial charge in [-0.05, 0) is 29.8 Å². The second-order valence-corrected chi connectivity index (χ2v) is 5.65. The lowest BCUT2D eigenvalue weighted by Crippen LogP contribution is -2.31. The summed E-state index contributed by atoms with van der Waals surface area (Å²) in [5.74, 6) is 0. The highest BCUT2D eigenvalue weighted by atomic mass is 15.7. The zero-order chi connectivity index (χ0) is 15.5. The smallest absolute Gasteiger partial charge is 0.124 e. The first-order valence-corrected chi connectivity index (χ1v) is 7.87. The van der Waals surface area contributed by atoms with E-state index in [-0.39, 0.29) is 6.17 Å². The van der Waals surface area contributed by atoms with Crippen LogP contribution in [0.3, 0.4) is 0 Å². The number of benzene rings is 3. The van der Waals surface area contributed by atoms with Gasteiger partial charge in [0.1, 0.15) is 12.8 Å². The number of hydrazine groups is 1. The Morgan fingerprint density at radius 1 is 0.652 bits per heavy atom. The lowest BCUT2D eigenvalue weighted by atomic mass is 10.1. The number of nitrogens with zero attached hydrogens (tertiary/aromatic N) is 2. The number of hydrogen-bond acceptors (Lipinski definition) is 3. The lowest BCUT2D eigenvalue weighted by molar-refractivity contribution is 0.624. The minimum absolute atomic E-state index is 0.124. The van der Waals surface area contributed by atoms with E-state index in [2.05, 4.69) is 100 Å². The molecule has 0 aromatic heterocycles. The summed E-state index contributed by atoms with van der Waals surface area (Å²) >= 11 is 0. The van der Waals surface area contributed by atoms with Gasteiger partial charge >= 0.3 is 0 Å². The summed E-state index contributed by atoms with van der Waals surface area (Å²) in [5, 5.41) is 2.20. The lowest BCUT2D eigenvalue weighted by Gasteiger charge is -2.24. The highest BCUT2D eigenvalue weighted by Gasteiger charge is 2.31. The number of anilines is 2. The van der Waals surface area contributed by atoms with Gasteiger partial charge in [-0.25, -0.2) is 5.43 Å². The summed E-state index contributed by atoms with van der Waals surface area (Å²) in [5.41, 5.74) is 7.28. The fraction of sp³-hybridized carbons (Fsp3) is 0.100. The number of para-hydroxylation sites is 2. The van der Waals surface area contributed by atoms with E-state index in [1.54, 1.807) is 0 Å². The summed E-state index contributed by atoms with van der Waals surface area (Å²) in [6.45, 7) is 0.799.